The Morgan fingerprint density at radius 1 is 1.29 bits per heavy atom. The lowest BCUT2D eigenvalue weighted by molar-refractivity contribution is 0.0692. The molecule has 2 N–H and O–H groups in total. The minimum absolute atomic E-state index is 0.233. The van der Waals surface area contributed by atoms with Gasteiger partial charge >= 0.3 is 5.97 Å². The van der Waals surface area contributed by atoms with Gasteiger partial charge in [-0.05, 0) is 17.5 Å². The summed E-state index contributed by atoms with van der Waals surface area (Å²) in [7, 11) is -3.90. The third-order valence-corrected chi connectivity index (χ3v) is 5.35. The second-order valence-corrected chi connectivity index (χ2v) is 6.65. The van der Waals surface area contributed by atoms with E-state index in [1.807, 2.05) is 24.3 Å². The highest BCUT2D eigenvalue weighted by molar-refractivity contribution is 7.89. The number of sulfonamides is 1. The number of aromatic nitrogens is 2. The van der Waals surface area contributed by atoms with Crippen molar-refractivity contribution in [2.24, 2.45) is 0 Å². The van der Waals surface area contributed by atoms with E-state index in [1.54, 1.807) is 0 Å². The summed E-state index contributed by atoms with van der Waals surface area (Å²) < 4.78 is 26.4. The number of carboxylic acids is 1. The van der Waals surface area contributed by atoms with Crippen molar-refractivity contribution in [3.05, 3.63) is 47.2 Å². The molecule has 2 heterocycles. The van der Waals surface area contributed by atoms with Crippen LogP contribution >= 0.6 is 0 Å². The van der Waals surface area contributed by atoms with Crippen LogP contribution in [0.2, 0.25) is 0 Å². The van der Waals surface area contributed by atoms with Gasteiger partial charge in [-0.25, -0.2) is 13.2 Å². The van der Waals surface area contributed by atoms with Crippen LogP contribution < -0.4 is 0 Å². The molecule has 21 heavy (non-hydrogen) atoms. The minimum atomic E-state index is -3.90. The van der Waals surface area contributed by atoms with E-state index in [4.69, 9.17) is 5.11 Å². The van der Waals surface area contributed by atoms with Crippen LogP contribution in [0.5, 0.6) is 0 Å². The van der Waals surface area contributed by atoms with Gasteiger partial charge < -0.3 is 5.11 Å². The topological polar surface area (TPSA) is 103 Å². The summed E-state index contributed by atoms with van der Waals surface area (Å²) in [5.41, 5.74) is 1.71. The first-order valence-electron chi connectivity index (χ1n) is 6.34. The van der Waals surface area contributed by atoms with Crippen molar-refractivity contribution in [3.63, 3.8) is 0 Å². The lowest BCUT2D eigenvalue weighted by Gasteiger charge is -2.27. The normalized spacial score (nSPS) is 15.6. The number of H-pyrrole nitrogens is 1. The molecule has 7 nitrogen and oxygen atoms in total. The summed E-state index contributed by atoms with van der Waals surface area (Å²) in [5.74, 6) is -1.32. The highest BCUT2D eigenvalue weighted by Crippen LogP contribution is 2.25. The predicted molar refractivity (Wildman–Crippen MR) is 73.3 cm³/mol. The summed E-state index contributed by atoms with van der Waals surface area (Å²) >= 11 is 0. The third-order valence-electron chi connectivity index (χ3n) is 3.53. The van der Waals surface area contributed by atoms with E-state index >= 15 is 0 Å². The van der Waals surface area contributed by atoms with Crippen molar-refractivity contribution in [1.82, 2.24) is 14.5 Å². The number of carbonyl (C=O) groups is 1. The molecule has 0 saturated carbocycles. The number of benzene rings is 1. The maximum Gasteiger partial charge on any atom is 0.340 e. The molecule has 0 aliphatic carbocycles. The van der Waals surface area contributed by atoms with Gasteiger partial charge in [0.15, 0.2) is 5.03 Å². The number of nitrogens with one attached hydrogen (secondary N) is 1. The number of rotatable bonds is 3. The standard InChI is InChI=1S/C13H13N3O4S/c17-13(18)11-7-14-15-12(11)21(19,20)16-6-5-9-3-1-2-4-10(9)8-16/h1-4,7H,5-6,8H2,(H,14,15)(H,17,18). The Morgan fingerprint density at radius 3 is 2.71 bits per heavy atom. The van der Waals surface area contributed by atoms with Crippen molar-refractivity contribution in [3.8, 4) is 0 Å². The largest absolute Gasteiger partial charge is 0.478 e. The number of fused-ring (bicyclic) bond motifs is 1. The first kappa shape index (κ1) is 13.8. The lowest BCUT2D eigenvalue weighted by atomic mass is 10.0. The number of hydrogen-bond donors (Lipinski definition) is 2. The monoisotopic (exact) mass is 307 g/mol. The van der Waals surface area contributed by atoms with Crippen molar-refractivity contribution < 1.29 is 18.3 Å². The van der Waals surface area contributed by atoms with Gasteiger partial charge in [0.25, 0.3) is 10.0 Å². The second kappa shape index (κ2) is 4.97. The molecule has 0 atom stereocenters. The minimum Gasteiger partial charge on any atom is -0.478 e. The Balaban J connectivity index is 1.97. The third kappa shape index (κ3) is 2.32. The van der Waals surface area contributed by atoms with Crippen LogP contribution in [-0.4, -0.2) is 40.5 Å². The van der Waals surface area contributed by atoms with Crippen LogP contribution in [0.15, 0.2) is 35.5 Å². The zero-order chi connectivity index (χ0) is 15.0. The maximum absolute atomic E-state index is 12.6. The molecule has 1 aliphatic heterocycles. The fraction of sp³-hybridized carbons (Fsp3) is 0.231. The number of nitrogens with zero attached hydrogens (tertiary/aromatic N) is 2. The quantitative estimate of drug-likeness (QED) is 0.875. The van der Waals surface area contributed by atoms with E-state index in [0.717, 1.165) is 17.3 Å². The zero-order valence-electron chi connectivity index (χ0n) is 11.0. The molecule has 8 heteroatoms. The van der Waals surface area contributed by atoms with E-state index in [0.29, 0.717) is 13.0 Å². The highest BCUT2D eigenvalue weighted by atomic mass is 32.2. The summed E-state index contributed by atoms with van der Waals surface area (Å²) in [6, 6.07) is 7.62. The molecule has 0 fully saturated rings. The van der Waals surface area contributed by atoms with E-state index in [9.17, 15) is 13.2 Å². The van der Waals surface area contributed by atoms with Crippen LogP contribution in [0.4, 0.5) is 0 Å². The van der Waals surface area contributed by atoms with Crippen molar-refractivity contribution >= 4 is 16.0 Å². The van der Waals surface area contributed by atoms with Gasteiger partial charge in [-0.2, -0.15) is 9.40 Å². The van der Waals surface area contributed by atoms with Crippen LogP contribution in [-0.2, 0) is 23.0 Å². The molecule has 0 spiro atoms. The van der Waals surface area contributed by atoms with Crippen LogP contribution in [0.25, 0.3) is 0 Å². The van der Waals surface area contributed by atoms with Crippen LogP contribution in [0, 0.1) is 0 Å². The Morgan fingerprint density at radius 2 is 2.00 bits per heavy atom. The van der Waals surface area contributed by atoms with E-state index < -0.39 is 16.0 Å². The zero-order valence-corrected chi connectivity index (χ0v) is 11.8. The molecule has 3 rings (SSSR count). The molecule has 0 bridgehead atoms. The molecular weight excluding hydrogens is 294 g/mol. The van der Waals surface area contributed by atoms with E-state index in [2.05, 4.69) is 10.2 Å². The van der Waals surface area contributed by atoms with Gasteiger partial charge in [-0.15, -0.1) is 0 Å². The van der Waals surface area contributed by atoms with Gasteiger partial charge in [-0.3, -0.25) is 5.10 Å². The van der Waals surface area contributed by atoms with Gasteiger partial charge in [0.2, 0.25) is 0 Å². The lowest BCUT2D eigenvalue weighted by Crippen LogP contribution is -2.36. The molecule has 2 aromatic rings. The van der Waals surface area contributed by atoms with Gasteiger partial charge in [0, 0.05) is 13.1 Å². The van der Waals surface area contributed by atoms with Crippen molar-refractivity contribution in [2.45, 2.75) is 18.0 Å². The molecular formula is C13H13N3O4S. The summed E-state index contributed by atoms with van der Waals surface area (Å²) in [5, 5.41) is 14.5. The molecule has 1 aliphatic rings. The highest BCUT2D eigenvalue weighted by Gasteiger charge is 2.33. The first-order chi connectivity index (χ1) is 10.00. The number of aromatic amines is 1. The summed E-state index contributed by atoms with van der Waals surface area (Å²) in [6.07, 6.45) is 1.61. The average molecular weight is 307 g/mol. The first-order valence-corrected chi connectivity index (χ1v) is 7.78. The van der Waals surface area contributed by atoms with E-state index in [1.165, 1.54) is 4.31 Å². The molecule has 1 aromatic heterocycles. The molecule has 0 unspecified atom stereocenters. The average Bonchev–Trinajstić information content (AvgIpc) is 2.97. The Labute approximate surface area is 121 Å². The fourth-order valence-electron chi connectivity index (χ4n) is 2.43. The maximum atomic E-state index is 12.6. The molecule has 110 valence electrons. The Hall–Kier alpha value is -2.19. The predicted octanol–water partition coefficient (Wildman–Crippen LogP) is 0.855. The molecule has 0 amide bonds. The van der Waals surface area contributed by atoms with Crippen molar-refractivity contribution in [1.29, 1.82) is 0 Å². The Bertz CT molecular complexity index is 797. The number of carboxylic acid groups (broad SMARTS) is 1. The molecule has 1 aromatic carbocycles. The van der Waals surface area contributed by atoms with Crippen molar-refractivity contribution in [2.75, 3.05) is 6.54 Å². The van der Waals surface area contributed by atoms with Crippen LogP contribution in [0.1, 0.15) is 21.5 Å². The SMILES string of the molecule is O=C(O)c1cn[nH]c1S(=O)(=O)N1CCc2ccccc2C1. The molecule has 0 saturated heterocycles. The number of hydrogen-bond acceptors (Lipinski definition) is 4. The second-order valence-electron chi connectivity index (χ2n) is 4.78. The van der Waals surface area contributed by atoms with E-state index in [-0.39, 0.29) is 17.1 Å². The Kier molecular flexibility index (Phi) is 3.26. The smallest absolute Gasteiger partial charge is 0.340 e. The van der Waals surface area contributed by atoms with Gasteiger partial charge in [0.05, 0.1) is 6.20 Å². The van der Waals surface area contributed by atoms with Gasteiger partial charge in [0.1, 0.15) is 5.56 Å². The van der Waals surface area contributed by atoms with Gasteiger partial charge in [-0.1, -0.05) is 24.3 Å². The summed E-state index contributed by atoms with van der Waals surface area (Å²) in [6.45, 7) is 0.550. The van der Waals surface area contributed by atoms with Crippen LogP contribution in [0.3, 0.4) is 0 Å². The number of aromatic carboxylic acids is 1. The fourth-order valence-corrected chi connectivity index (χ4v) is 3.91. The summed E-state index contributed by atoms with van der Waals surface area (Å²) in [4.78, 5) is 11.1. The molecule has 0 radical (unpaired) electrons.